The Bertz CT molecular complexity index is 259. The molecule has 0 aliphatic heterocycles. The summed E-state index contributed by atoms with van der Waals surface area (Å²) in [7, 11) is 0. The molecule has 2 heteroatoms. The molecule has 13 heavy (non-hydrogen) atoms. The fraction of sp³-hybridized carbons (Fsp3) is 0.636. The molecule has 1 aliphatic carbocycles. The third-order valence-electron chi connectivity index (χ3n) is 2.64. The number of hydrogen-bond donors (Lipinski definition) is 0. The molecule has 0 atom stereocenters. The number of hydrogen-bond acceptors (Lipinski definition) is 0. The third kappa shape index (κ3) is 3.01. The summed E-state index contributed by atoms with van der Waals surface area (Å²) in [5.74, 6) is 0. The summed E-state index contributed by atoms with van der Waals surface area (Å²) in [6.45, 7) is 0. The summed E-state index contributed by atoms with van der Waals surface area (Å²) in [5.41, 5.74) is 0. The van der Waals surface area contributed by atoms with E-state index in [1.54, 1.807) is 0 Å². The molecule has 0 N–H and O–H groups in total. The van der Waals surface area contributed by atoms with E-state index >= 15 is 0 Å². The van der Waals surface area contributed by atoms with E-state index in [4.69, 9.17) is 0 Å². The second kappa shape index (κ2) is 3.91. The van der Waals surface area contributed by atoms with Gasteiger partial charge in [0.25, 0.3) is 0 Å². The zero-order valence-electron chi connectivity index (χ0n) is 9.86. The summed E-state index contributed by atoms with van der Waals surface area (Å²) < 4.78 is 3.76. The van der Waals surface area contributed by atoms with Crippen molar-refractivity contribution < 1.29 is 0 Å². The van der Waals surface area contributed by atoms with Crippen LogP contribution in [0.2, 0.25) is 29.6 Å². The van der Waals surface area contributed by atoms with Crippen LogP contribution in [0.1, 0.15) is 6.42 Å². The van der Waals surface area contributed by atoms with Gasteiger partial charge in [-0.25, -0.2) is 0 Å². The first-order valence-electron chi connectivity index (χ1n) is 5.13. The van der Waals surface area contributed by atoms with Crippen molar-refractivity contribution in [3.8, 4) is 0 Å². The van der Waals surface area contributed by atoms with Crippen LogP contribution in [-0.4, -0.2) is 36.8 Å². The van der Waals surface area contributed by atoms with Crippen molar-refractivity contribution in [2.75, 3.05) is 0 Å². The van der Waals surface area contributed by atoms with Crippen LogP contribution in [-0.2, 0) is 0 Å². The number of allylic oxidation sites excluding steroid dienone is 4. The average Bonchev–Trinajstić information content (AvgIpc) is 2.27. The van der Waals surface area contributed by atoms with Crippen LogP contribution in [0.3, 0.4) is 0 Å². The summed E-state index contributed by atoms with van der Waals surface area (Å²) in [6, 6.07) is 0. The van der Waals surface area contributed by atoms with Crippen molar-refractivity contribution in [1.29, 1.82) is 0 Å². The van der Waals surface area contributed by atoms with Crippen molar-refractivity contribution >= 4 is 36.8 Å². The van der Waals surface area contributed by atoms with Crippen LogP contribution in [0, 0.1) is 0 Å². The fourth-order valence-corrected chi connectivity index (χ4v) is 25.5. The second-order valence-electron chi connectivity index (χ2n) is 6.00. The maximum atomic E-state index is 2.55. The minimum absolute atomic E-state index is 1.29. The zero-order valence-corrected chi connectivity index (χ0v) is 15.6. The van der Waals surface area contributed by atoms with Crippen LogP contribution >= 0.6 is 0 Å². The zero-order chi connectivity index (χ0) is 10.3. The van der Waals surface area contributed by atoms with Gasteiger partial charge in [0.15, 0.2) is 0 Å². The van der Waals surface area contributed by atoms with E-state index in [0.717, 1.165) is 0 Å². The normalized spacial score (nSPS) is 18.6. The van der Waals surface area contributed by atoms with Crippen molar-refractivity contribution in [2.45, 2.75) is 36.1 Å². The monoisotopic (exact) mass is 394 g/mol. The molecule has 74 valence electrons. The van der Waals surface area contributed by atoms with Gasteiger partial charge in [-0.1, -0.05) is 0 Å². The van der Waals surface area contributed by atoms with E-state index in [1.165, 1.54) is 6.42 Å². The Hall–Kier alpha value is 1.08. The Morgan fingerprint density at radius 2 is 1.46 bits per heavy atom. The van der Waals surface area contributed by atoms with Gasteiger partial charge in [0.05, 0.1) is 0 Å². The van der Waals surface area contributed by atoms with Crippen molar-refractivity contribution in [3.63, 3.8) is 0 Å². The third-order valence-corrected chi connectivity index (χ3v) is 17.1. The van der Waals surface area contributed by atoms with Crippen LogP contribution in [0.15, 0.2) is 19.3 Å². The molecule has 0 unspecified atom stereocenters. The first-order chi connectivity index (χ1) is 5.73. The van der Waals surface area contributed by atoms with E-state index in [-0.39, 0.29) is 0 Å². The molecule has 0 aromatic rings. The summed E-state index contributed by atoms with van der Waals surface area (Å²) in [6.07, 6.45) is 6.14. The quantitative estimate of drug-likeness (QED) is 0.624. The SMILES string of the molecule is [CH3][Sn]([CH3])([CH3])[C]1=[C]([Sn]([CH3])([CH3])[CH3])CC=C1. The maximum absolute atomic E-state index is 2.55. The van der Waals surface area contributed by atoms with E-state index in [9.17, 15) is 0 Å². The Morgan fingerprint density at radius 3 is 1.77 bits per heavy atom. The topological polar surface area (TPSA) is 0 Å². The van der Waals surface area contributed by atoms with Crippen LogP contribution in [0.4, 0.5) is 0 Å². The van der Waals surface area contributed by atoms with Gasteiger partial charge in [0, 0.05) is 0 Å². The van der Waals surface area contributed by atoms with Crippen molar-refractivity contribution in [1.82, 2.24) is 0 Å². The standard InChI is InChI=1S/C5H4.6CH3.2Sn/c1-2-4-5-3-1;;;;;;;;/h1-2H,3H2;6*1H3;;. The van der Waals surface area contributed by atoms with E-state index in [1.807, 2.05) is 7.18 Å². The van der Waals surface area contributed by atoms with Crippen molar-refractivity contribution in [2.24, 2.45) is 0 Å². The first kappa shape index (κ1) is 12.1. The molecule has 0 spiro atoms. The molecule has 0 bridgehead atoms. The van der Waals surface area contributed by atoms with Gasteiger partial charge in [-0.15, -0.1) is 0 Å². The summed E-state index contributed by atoms with van der Waals surface area (Å²) in [4.78, 5) is 15.3. The minimum atomic E-state index is -1.77. The van der Waals surface area contributed by atoms with E-state index in [0.29, 0.717) is 0 Å². The Morgan fingerprint density at radius 1 is 0.923 bits per heavy atom. The second-order valence-corrected chi connectivity index (χ2v) is 34.9. The molecule has 0 heterocycles. The van der Waals surface area contributed by atoms with Gasteiger partial charge >= 0.3 is 92.1 Å². The van der Waals surface area contributed by atoms with Gasteiger partial charge in [-0.2, -0.15) is 0 Å². The summed E-state index contributed by atoms with van der Waals surface area (Å²) in [5, 5.41) is 0. The average molecular weight is 392 g/mol. The summed E-state index contributed by atoms with van der Waals surface area (Å²) >= 11 is -3.52. The van der Waals surface area contributed by atoms with Crippen LogP contribution in [0.25, 0.3) is 0 Å². The molecule has 0 nitrogen and oxygen atoms in total. The molecule has 0 saturated heterocycles. The van der Waals surface area contributed by atoms with E-state index in [2.05, 4.69) is 41.8 Å². The van der Waals surface area contributed by atoms with Gasteiger partial charge < -0.3 is 0 Å². The fourth-order valence-electron chi connectivity index (χ4n) is 1.92. The molecule has 0 fully saturated rings. The predicted octanol–water partition coefficient (Wildman–Crippen LogP) is 4.00. The predicted molar refractivity (Wildman–Crippen MR) is 67.5 cm³/mol. The Labute approximate surface area is 91.2 Å². The van der Waals surface area contributed by atoms with Gasteiger partial charge in [-0.3, -0.25) is 0 Å². The molecule has 0 saturated carbocycles. The molecule has 0 aromatic carbocycles. The molecule has 1 rings (SSSR count). The molecule has 0 amide bonds. The van der Waals surface area contributed by atoms with Gasteiger partial charge in [0.2, 0.25) is 0 Å². The Kier molecular flexibility index (Phi) is 3.66. The van der Waals surface area contributed by atoms with Crippen molar-refractivity contribution in [3.05, 3.63) is 19.3 Å². The van der Waals surface area contributed by atoms with Gasteiger partial charge in [-0.05, 0) is 0 Å². The first-order valence-corrected chi connectivity index (χ1v) is 25.1. The molecule has 0 aromatic heterocycles. The molecular formula is C11H22Sn2. The number of rotatable bonds is 2. The molecule has 1 aliphatic rings. The van der Waals surface area contributed by atoms with Crippen LogP contribution in [0.5, 0.6) is 0 Å². The molecule has 0 radical (unpaired) electrons. The Balaban J connectivity index is 3.10. The molecular weight excluding hydrogens is 370 g/mol. The van der Waals surface area contributed by atoms with Crippen LogP contribution < -0.4 is 0 Å². The van der Waals surface area contributed by atoms with E-state index < -0.39 is 36.8 Å². The van der Waals surface area contributed by atoms with Gasteiger partial charge in [0.1, 0.15) is 0 Å².